The number of hydrogen-bond donors (Lipinski definition) is 1. The molecule has 0 unspecified atom stereocenters. The van der Waals surface area contributed by atoms with E-state index >= 15 is 0 Å². The lowest BCUT2D eigenvalue weighted by Gasteiger charge is -2.07. The molecule has 0 bridgehead atoms. The van der Waals surface area contributed by atoms with E-state index in [0.29, 0.717) is 22.6 Å². The van der Waals surface area contributed by atoms with Crippen molar-refractivity contribution in [3.63, 3.8) is 0 Å². The van der Waals surface area contributed by atoms with Gasteiger partial charge in [-0.2, -0.15) is 10.4 Å². The van der Waals surface area contributed by atoms with Crippen LogP contribution in [0.3, 0.4) is 0 Å². The second kappa shape index (κ2) is 7.74. The van der Waals surface area contributed by atoms with Crippen molar-refractivity contribution >= 4 is 11.6 Å². The zero-order chi connectivity index (χ0) is 20.2. The Bertz CT molecular complexity index is 1190. The molecule has 2 heterocycles. The molecule has 2 aromatic heterocycles. The average Bonchev–Trinajstić information content (AvgIpc) is 3.21. The van der Waals surface area contributed by atoms with Gasteiger partial charge in [0.2, 0.25) is 0 Å². The van der Waals surface area contributed by atoms with Crippen LogP contribution in [0.2, 0.25) is 0 Å². The van der Waals surface area contributed by atoms with Crippen LogP contribution in [0.15, 0.2) is 79.1 Å². The molecule has 0 aliphatic carbocycles. The summed E-state index contributed by atoms with van der Waals surface area (Å²) in [4.78, 5) is 16.8. The molecule has 1 amide bonds. The summed E-state index contributed by atoms with van der Waals surface area (Å²) < 4.78 is 14.9. The molecule has 0 saturated heterocycles. The third-order valence-corrected chi connectivity index (χ3v) is 4.24. The third-order valence-electron chi connectivity index (χ3n) is 4.24. The first kappa shape index (κ1) is 18.1. The molecule has 7 heteroatoms. The number of pyridine rings is 1. The summed E-state index contributed by atoms with van der Waals surface area (Å²) >= 11 is 0. The maximum Gasteiger partial charge on any atom is 0.276 e. The molecule has 0 saturated carbocycles. The lowest BCUT2D eigenvalue weighted by atomic mass is 10.2. The Labute approximate surface area is 165 Å². The van der Waals surface area contributed by atoms with E-state index in [2.05, 4.69) is 15.4 Å². The van der Waals surface area contributed by atoms with Crippen LogP contribution in [0.1, 0.15) is 16.1 Å². The molecule has 6 nitrogen and oxygen atoms in total. The fraction of sp³-hybridized carbons (Fsp3) is 0. The topological polar surface area (TPSA) is 83.6 Å². The first-order valence-electron chi connectivity index (χ1n) is 8.72. The highest BCUT2D eigenvalue weighted by Crippen LogP contribution is 2.24. The van der Waals surface area contributed by atoms with Gasteiger partial charge in [0.05, 0.1) is 23.0 Å². The van der Waals surface area contributed by atoms with Crippen molar-refractivity contribution in [1.29, 1.82) is 5.26 Å². The minimum absolute atomic E-state index is 0.192. The first-order valence-corrected chi connectivity index (χ1v) is 8.72. The Morgan fingerprint density at radius 2 is 1.83 bits per heavy atom. The van der Waals surface area contributed by atoms with Gasteiger partial charge >= 0.3 is 0 Å². The predicted octanol–water partition coefficient (Wildman–Crippen LogP) is 4.20. The summed E-state index contributed by atoms with van der Waals surface area (Å²) in [5.41, 5.74) is 3.27. The fourth-order valence-corrected chi connectivity index (χ4v) is 2.81. The average molecular weight is 383 g/mol. The van der Waals surface area contributed by atoms with Crippen molar-refractivity contribution in [3.8, 4) is 23.0 Å². The maximum atomic E-state index is 13.3. The van der Waals surface area contributed by atoms with Crippen LogP contribution < -0.4 is 5.32 Å². The number of amides is 1. The second-order valence-corrected chi connectivity index (χ2v) is 6.19. The van der Waals surface area contributed by atoms with Crippen LogP contribution in [0.4, 0.5) is 10.1 Å². The standard InChI is InChI=1S/C22H14FN5O/c23-17-5-9-19(10-6-17)28-21(16-2-1-11-25-14-16)12-20(27-28)22(29)26-18-7-3-15(13-24)4-8-18/h1-12,14H,(H,26,29). The van der Waals surface area contributed by atoms with Gasteiger partial charge in [0, 0.05) is 23.6 Å². The number of nitrogens with one attached hydrogen (secondary N) is 1. The van der Waals surface area contributed by atoms with Gasteiger partial charge in [-0.15, -0.1) is 0 Å². The van der Waals surface area contributed by atoms with Gasteiger partial charge in [-0.05, 0) is 66.7 Å². The highest BCUT2D eigenvalue weighted by atomic mass is 19.1. The van der Waals surface area contributed by atoms with Gasteiger partial charge in [0.25, 0.3) is 5.91 Å². The minimum Gasteiger partial charge on any atom is -0.321 e. The molecule has 0 atom stereocenters. The number of nitrogens with zero attached hydrogens (tertiary/aromatic N) is 4. The summed E-state index contributed by atoms with van der Waals surface area (Å²) in [7, 11) is 0. The molecule has 0 aliphatic rings. The zero-order valence-corrected chi connectivity index (χ0v) is 15.1. The molecule has 140 valence electrons. The predicted molar refractivity (Wildman–Crippen MR) is 106 cm³/mol. The zero-order valence-electron chi connectivity index (χ0n) is 15.1. The molecular formula is C22H14FN5O. The van der Waals surface area contributed by atoms with E-state index in [1.807, 2.05) is 12.1 Å². The van der Waals surface area contributed by atoms with E-state index < -0.39 is 5.91 Å². The van der Waals surface area contributed by atoms with Gasteiger partial charge in [-0.3, -0.25) is 9.78 Å². The maximum absolute atomic E-state index is 13.3. The molecule has 0 radical (unpaired) electrons. The highest BCUT2D eigenvalue weighted by molar-refractivity contribution is 6.03. The van der Waals surface area contributed by atoms with Gasteiger partial charge < -0.3 is 5.32 Å². The lowest BCUT2D eigenvalue weighted by molar-refractivity contribution is 0.102. The Balaban J connectivity index is 1.71. The van der Waals surface area contributed by atoms with Crippen molar-refractivity contribution in [2.45, 2.75) is 0 Å². The van der Waals surface area contributed by atoms with E-state index in [9.17, 15) is 9.18 Å². The van der Waals surface area contributed by atoms with E-state index in [1.165, 1.54) is 12.1 Å². The van der Waals surface area contributed by atoms with E-state index in [4.69, 9.17) is 5.26 Å². The fourth-order valence-electron chi connectivity index (χ4n) is 2.81. The number of carbonyl (C=O) groups is 1. The van der Waals surface area contributed by atoms with E-state index in [1.54, 1.807) is 65.6 Å². The summed E-state index contributed by atoms with van der Waals surface area (Å²) in [6.45, 7) is 0. The second-order valence-electron chi connectivity index (χ2n) is 6.19. The van der Waals surface area contributed by atoms with Crippen molar-refractivity contribution in [2.24, 2.45) is 0 Å². The van der Waals surface area contributed by atoms with Crippen molar-refractivity contribution in [3.05, 3.63) is 96.2 Å². The normalized spacial score (nSPS) is 10.3. The molecule has 0 aliphatic heterocycles. The molecule has 0 fully saturated rings. The smallest absolute Gasteiger partial charge is 0.276 e. The summed E-state index contributed by atoms with van der Waals surface area (Å²) in [5, 5.41) is 16.1. The van der Waals surface area contributed by atoms with Gasteiger partial charge in [-0.1, -0.05) is 0 Å². The van der Waals surface area contributed by atoms with Gasteiger partial charge in [0.15, 0.2) is 5.69 Å². The van der Waals surface area contributed by atoms with Crippen LogP contribution in [0, 0.1) is 17.1 Å². The monoisotopic (exact) mass is 383 g/mol. The molecule has 0 spiro atoms. The molecule has 4 aromatic rings. The molecule has 1 N–H and O–H groups in total. The van der Waals surface area contributed by atoms with E-state index in [0.717, 1.165) is 5.56 Å². The highest BCUT2D eigenvalue weighted by Gasteiger charge is 2.17. The third kappa shape index (κ3) is 3.87. The number of halogens is 1. The van der Waals surface area contributed by atoms with Crippen molar-refractivity contribution < 1.29 is 9.18 Å². The first-order chi connectivity index (χ1) is 14.1. The number of carbonyl (C=O) groups excluding carboxylic acids is 1. The van der Waals surface area contributed by atoms with Crippen LogP contribution in [0.25, 0.3) is 16.9 Å². The number of aromatic nitrogens is 3. The molecule has 29 heavy (non-hydrogen) atoms. The van der Waals surface area contributed by atoms with Crippen LogP contribution in [0.5, 0.6) is 0 Å². The van der Waals surface area contributed by atoms with E-state index in [-0.39, 0.29) is 11.5 Å². The Morgan fingerprint density at radius 1 is 1.07 bits per heavy atom. The largest absolute Gasteiger partial charge is 0.321 e. The van der Waals surface area contributed by atoms with Crippen LogP contribution in [-0.2, 0) is 0 Å². The minimum atomic E-state index is -0.402. The van der Waals surface area contributed by atoms with Gasteiger partial charge in [-0.25, -0.2) is 9.07 Å². The van der Waals surface area contributed by atoms with Crippen LogP contribution >= 0.6 is 0 Å². The number of anilines is 1. The Morgan fingerprint density at radius 3 is 2.48 bits per heavy atom. The molecular weight excluding hydrogens is 369 g/mol. The van der Waals surface area contributed by atoms with Crippen molar-refractivity contribution in [2.75, 3.05) is 5.32 Å². The Hall–Kier alpha value is -4.31. The van der Waals surface area contributed by atoms with Gasteiger partial charge in [0.1, 0.15) is 5.82 Å². The quantitative estimate of drug-likeness (QED) is 0.573. The molecule has 2 aromatic carbocycles. The number of rotatable bonds is 4. The van der Waals surface area contributed by atoms with Crippen molar-refractivity contribution in [1.82, 2.24) is 14.8 Å². The number of benzene rings is 2. The number of nitriles is 1. The Kier molecular flexibility index (Phi) is 4.82. The SMILES string of the molecule is N#Cc1ccc(NC(=O)c2cc(-c3cccnc3)n(-c3ccc(F)cc3)n2)cc1. The number of hydrogen-bond acceptors (Lipinski definition) is 4. The summed E-state index contributed by atoms with van der Waals surface area (Å²) in [6, 6.07) is 19.7. The summed E-state index contributed by atoms with van der Waals surface area (Å²) in [5.74, 6) is -0.761. The lowest BCUT2D eigenvalue weighted by Crippen LogP contribution is -2.13. The molecule has 4 rings (SSSR count). The van der Waals surface area contributed by atoms with Crippen LogP contribution in [-0.4, -0.2) is 20.7 Å². The summed E-state index contributed by atoms with van der Waals surface area (Å²) in [6.07, 6.45) is 3.32.